The van der Waals surface area contributed by atoms with Gasteiger partial charge in [-0.3, -0.25) is 20.4 Å². The number of hydrazine groups is 1. The molecular weight excluding hydrogens is 356 g/mol. The molecule has 0 saturated carbocycles. The highest BCUT2D eigenvalue weighted by Gasteiger charge is 2.14. The van der Waals surface area contributed by atoms with E-state index in [2.05, 4.69) is 10.9 Å². The minimum atomic E-state index is -0.491. The molecule has 0 fully saturated rings. The van der Waals surface area contributed by atoms with E-state index in [0.29, 0.717) is 22.1 Å². The Labute approximate surface area is 157 Å². The number of hydrogen-bond donors (Lipinski definition) is 2. The Kier molecular flexibility index (Phi) is 6.86. The number of aryl methyl sites for hydroxylation is 1. The molecule has 2 N–H and O–H groups in total. The van der Waals surface area contributed by atoms with E-state index in [1.807, 2.05) is 20.8 Å². The number of para-hydroxylation sites is 1. The smallest absolute Gasteiger partial charge is 0.276 e. The summed E-state index contributed by atoms with van der Waals surface area (Å²) in [5.41, 5.74) is 5.81. The lowest BCUT2D eigenvalue weighted by molar-refractivity contribution is -0.123. The van der Waals surface area contributed by atoms with Crippen molar-refractivity contribution in [1.82, 2.24) is 10.9 Å². The van der Waals surface area contributed by atoms with Crippen LogP contribution in [0, 0.1) is 6.92 Å². The number of benzene rings is 2. The fourth-order valence-electron chi connectivity index (χ4n) is 2.16. The first kappa shape index (κ1) is 19.6. The molecule has 0 aliphatic carbocycles. The molecule has 2 aromatic carbocycles. The number of nitrogens with one attached hydrogen (secondary N) is 2. The van der Waals surface area contributed by atoms with Crippen molar-refractivity contribution in [3.05, 3.63) is 58.6 Å². The van der Waals surface area contributed by atoms with Gasteiger partial charge < -0.3 is 9.47 Å². The molecule has 0 aliphatic rings. The number of ether oxygens (including phenoxy) is 2. The van der Waals surface area contributed by atoms with E-state index in [0.717, 1.165) is 5.56 Å². The van der Waals surface area contributed by atoms with Gasteiger partial charge in [0.1, 0.15) is 11.5 Å². The van der Waals surface area contributed by atoms with Gasteiger partial charge in [-0.25, -0.2) is 0 Å². The van der Waals surface area contributed by atoms with Gasteiger partial charge in [0.2, 0.25) is 0 Å². The zero-order chi connectivity index (χ0) is 19.1. The lowest BCUT2D eigenvalue weighted by atomic mass is 10.2. The number of amides is 2. The lowest BCUT2D eigenvalue weighted by Gasteiger charge is -2.14. The minimum Gasteiger partial charge on any atom is -0.490 e. The second-order valence-corrected chi connectivity index (χ2v) is 6.30. The van der Waals surface area contributed by atoms with Crippen molar-refractivity contribution >= 4 is 23.4 Å². The summed E-state index contributed by atoms with van der Waals surface area (Å²) in [7, 11) is 0. The first-order chi connectivity index (χ1) is 12.4. The van der Waals surface area contributed by atoms with Crippen LogP contribution in [-0.4, -0.2) is 24.5 Å². The van der Waals surface area contributed by atoms with Gasteiger partial charge in [-0.2, -0.15) is 0 Å². The Morgan fingerprint density at radius 2 is 1.81 bits per heavy atom. The van der Waals surface area contributed by atoms with Crippen LogP contribution in [0.15, 0.2) is 42.5 Å². The standard InChI is InChI=1S/C19H21ClN2O4/c1-12(2)26-17-7-5-4-6-15(17)19(24)22-21-18(23)11-25-16-9-8-14(20)10-13(16)3/h4-10,12H,11H2,1-3H3,(H,21,23)(H,22,24). The second kappa shape index (κ2) is 9.10. The molecule has 2 amide bonds. The van der Waals surface area contributed by atoms with Gasteiger partial charge in [0.05, 0.1) is 11.7 Å². The molecule has 0 saturated heterocycles. The molecule has 0 radical (unpaired) electrons. The topological polar surface area (TPSA) is 76.7 Å². The number of halogens is 1. The highest BCUT2D eigenvalue weighted by molar-refractivity contribution is 6.30. The minimum absolute atomic E-state index is 0.0745. The Morgan fingerprint density at radius 1 is 1.08 bits per heavy atom. The fraction of sp³-hybridized carbons (Fsp3) is 0.263. The molecule has 0 spiro atoms. The number of hydrogen-bond acceptors (Lipinski definition) is 4. The van der Waals surface area contributed by atoms with Gasteiger partial charge in [0, 0.05) is 5.02 Å². The third kappa shape index (κ3) is 5.67. The lowest BCUT2D eigenvalue weighted by Crippen LogP contribution is -2.44. The third-order valence-corrected chi connectivity index (χ3v) is 3.54. The highest BCUT2D eigenvalue weighted by Crippen LogP contribution is 2.21. The Bertz CT molecular complexity index is 793. The highest BCUT2D eigenvalue weighted by atomic mass is 35.5. The molecule has 2 rings (SSSR count). The van der Waals surface area contributed by atoms with Crippen LogP contribution in [0.5, 0.6) is 11.5 Å². The van der Waals surface area contributed by atoms with Crippen molar-refractivity contribution in [3.63, 3.8) is 0 Å². The van der Waals surface area contributed by atoms with E-state index in [1.54, 1.807) is 42.5 Å². The zero-order valence-corrected chi connectivity index (χ0v) is 15.6. The van der Waals surface area contributed by atoms with Crippen molar-refractivity contribution in [1.29, 1.82) is 0 Å². The fourth-order valence-corrected chi connectivity index (χ4v) is 2.39. The maximum absolute atomic E-state index is 12.3. The molecule has 6 nitrogen and oxygen atoms in total. The maximum atomic E-state index is 12.3. The van der Waals surface area contributed by atoms with Gasteiger partial charge in [-0.1, -0.05) is 23.7 Å². The van der Waals surface area contributed by atoms with Gasteiger partial charge >= 0.3 is 0 Å². The first-order valence-electron chi connectivity index (χ1n) is 8.10. The van der Waals surface area contributed by atoms with Crippen LogP contribution in [0.3, 0.4) is 0 Å². The number of carbonyl (C=O) groups is 2. The molecule has 0 aromatic heterocycles. The Balaban J connectivity index is 1.88. The summed E-state index contributed by atoms with van der Waals surface area (Å²) in [6, 6.07) is 11.9. The average Bonchev–Trinajstić information content (AvgIpc) is 2.59. The third-order valence-electron chi connectivity index (χ3n) is 3.31. The summed E-state index contributed by atoms with van der Waals surface area (Å²) >= 11 is 5.87. The zero-order valence-electron chi connectivity index (χ0n) is 14.8. The molecule has 138 valence electrons. The van der Waals surface area contributed by atoms with Crippen LogP contribution in [0.25, 0.3) is 0 Å². The van der Waals surface area contributed by atoms with Gasteiger partial charge in [-0.05, 0) is 56.7 Å². The van der Waals surface area contributed by atoms with Gasteiger partial charge in [0.25, 0.3) is 11.8 Å². The second-order valence-electron chi connectivity index (χ2n) is 5.86. The van der Waals surface area contributed by atoms with Crippen molar-refractivity contribution < 1.29 is 19.1 Å². The van der Waals surface area contributed by atoms with Crippen LogP contribution >= 0.6 is 11.6 Å². The van der Waals surface area contributed by atoms with Crippen LogP contribution in [0.1, 0.15) is 29.8 Å². The van der Waals surface area contributed by atoms with Crippen LogP contribution in [0.2, 0.25) is 5.02 Å². The molecule has 0 bridgehead atoms. The van der Waals surface area contributed by atoms with Crippen molar-refractivity contribution in [2.45, 2.75) is 26.9 Å². The van der Waals surface area contributed by atoms with Crippen molar-refractivity contribution in [3.8, 4) is 11.5 Å². The predicted molar refractivity (Wildman–Crippen MR) is 99.5 cm³/mol. The Morgan fingerprint density at radius 3 is 2.50 bits per heavy atom. The maximum Gasteiger partial charge on any atom is 0.276 e. The largest absolute Gasteiger partial charge is 0.490 e. The van der Waals surface area contributed by atoms with Gasteiger partial charge in [-0.15, -0.1) is 0 Å². The summed E-state index contributed by atoms with van der Waals surface area (Å²) in [6.07, 6.45) is -0.0745. The van der Waals surface area contributed by atoms with Crippen molar-refractivity contribution in [2.75, 3.05) is 6.61 Å². The Hall–Kier alpha value is -2.73. The summed E-state index contributed by atoms with van der Waals surface area (Å²) < 4.78 is 11.0. The van der Waals surface area contributed by atoms with E-state index in [-0.39, 0.29) is 12.7 Å². The summed E-state index contributed by atoms with van der Waals surface area (Å²) in [5.74, 6) is 0.0288. The molecule has 0 aliphatic heterocycles. The monoisotopic (exact) mass is 376 g/mol. The molecule has 2 aromatic rings. The summed E-state index contributed by atoms with van der Waals surface area (Å²) in [4.78, 5) is 24.1. The van der Waals surface area contributed by atoms with Gasteiger partial charge in [0.15, 0.2) is 6.61 Å². The van der Waals surface area contributed by atoms with E-state index in [9.17, 15) is 9.59 Å². The predicted octanol–water partition coefficient (Wildman–Crippen LogP) is 3.28. The van der Waals surface area contributed by atoms with Crippen LogP contribution in [-0.2, 0) is 4.79 Å². The normalized spacial score (nSPS) is 10.3. The molecule has 0 heterocycles. The molecule has 0 unspecified atom stereocenters. The van der Waals surface area contributed by atoms with Crippen LogP contribution < -0.4 is 20.3 Å². The van der Waals surface area contributed by atoms with E-state index < -0.39 is 11.8 Å². The van der Waals surface area contributed by atoms with E-state index >= 15 is 0 Å². The van der Waals surface area contributed by atoms with Crippen molar-refractivity contribution in [2.24, 2.45) is 0 Å². The summed E-state index contributed by atoms with van der Waals surface area (Å²) in [5, 5.41) is 0.592. The number of rotatable bonds is 6. The molecule has 26 heavy (non-hydrogen) atoms. The SMILES string of the molecule is Cc1cc(Cl)ccc1OCC(=O)NNC(=O)c1ccccc1OC(C)C. The molecular formula is C19H21ClN2O4. The van der Waals surface area contributed by atoms with E-state index in [1.165, 1.54) is 0 Å². The quantitative estimate of drug-likeness (QED) is 0.758. The average molecular weight is 377 g/mol. The first-order valence-corrected chi connectivity index (χ1v) is 8.48. The molecule has 0 atom stereocenters. The molecule has 7 heteroatoms. The van der Waals surface area contributed by atoms with E-state index in [4.69, 9.17) is 21.1 Å². The number of carbonyl (C=O) groups excluding carboxylic acids is 2. The summed E-state index contributed by atoms with van der Waals surface area (Å²) in [6.45, 7) is 5.32. The van der Waals surface area contributed by atoms with Crippen LogP contribution in [0.4, 0.5) is 0 Å².